The van der Waals surface area contributed by atoms with E-state index in [1.165, 1.54) is 0 Å². The van der Waals surface area contributed by atoms with Crippen LogP contribution in [0.2, 0.25) is 0 Å². The normalized spacial score (nSPS) is 15.9. The molecule has 1 aliphatic carbocycles. The van der Waals surface area contributed by atoms with Crippen molar-refractivity contribution in [3.63, 3.8) is 0 Å². The molecule has 4 rings (SSSR count). The molecule has 10 heteroatoms. The Morgan fingerprint density at radius 2 is 2.12 bits per heavy atom. The highest BCUT2D eigenvalue weighted by atomic mass is 32.2. The lowest BCUT2D eigenvalue weighted by Crippen LogP contribution is -2.35. The smallest absolute Gasteiger partial charge is 0.274 e. The number of hydrogen-bond donors (Lipinski definition) is 2. The van der Waals surface area contributed by atoms with Crippen molar-refractivity contribution in [3.8, 4) is 34.7 Å². The lowest BCUT2D eigenvalue weighted by atomic mass is 9.85. The molecule has 0 bridgehead atoms. The molecule has 0 amide bonds. The summed E-state index contributed by atoms with van der Waals surface area (Å²) >= 11 is 0. The van der Waals surface area contributed by atoms with Crippen molar-refractivity contribution >= 4 is 10.2 Å². The molecule has 2 aromatic carbocycles. The van der Waals surface area contributed by atoms with Crippen LogP contribution < -0.4 is 14.6 Å². The van der Waals surface area contributed by atoms with E-state index >= 15 is 0 Å². The molecule has 0 saturated heterocycles. The van der Waals surface area contributed by atoms with Crippen LogP contribution in [0.25, 0.3) is 22.8 Å². The topological polar surface area (TPSA) is 144 Å². The van der Waals surface area contributed by atoms with Crippen molar-refractivity contribution in [3.05, 3.63) is 53.1 Å². The van der Waals surface area contributed by atoms with Gasteiger partial charge in [-0.25, -0.2) is 5.14 Å². The van der Waals surface area contributed by atoms with E-state index in [2.05, 4.69) is 20.9 Å². The van der Waals surface area contributed by atoms with Gasteiger partial charge in [0.25, 0.3) is 16.1 Å². The fraction of sp³-hybridized carbons (Fsp3) is 0.318. The van der Waals surface area contributed by atoms with Gasteiger partial charge in [0.15, 0.2) is 0 Å². The Morgan fingerprint density at radius 1 is 1.31 bits per heavy atom. The van der Waals surface area contributed by atoms with E-state index in [-0.39, 0.29) is 12.0 Å². The molecular formula is C22H23N5O4S. The average Bonchev–Trinajstić information content (AvgIpc) is 3.22. The highest BCUT2D eigenvalue weighted by Gasteiger charge is 2.26. The van der Waals surface area contributed by atoms with Gasteiger partial charge in [-0.05, 0) is 62.4 Å². The summed E-state index contributed by atoms with van der Waals surface area (Å²) in [5.74, 6) is 1.17. The predicted molar refractivity (Wildman–Crippen MR) is 118 cm³/mol. The maximum Gasteiger partial charge on any atom is 0.274 e. The van der Waals surface area contributed by atoms with Gasteiger partial charge in [-0.2, -0.15) is 23.4 Å². The Bertz CT molecular complexity index is 1290. The minimum Gasteiger partial charge on any atom is -0.490 e. The van der Waals surface area contributed by atoms with E-state index in [1.807, 2.05) is 32.0 Å². The molecule has 3 aromatic rings. The number of nitrogens with two attached hydrogens (primary N) is 1. The minimum absolute atomic E-state index is 0.0558. The summed E-state index contributed by atoms with van der Waals surface area (Å²) in [5, 5.41) is 18.8. The maximum atomic E-state index is 11.6. The SMILES string of the molecule is CC(C)Oc1ccc(-c2nc(-c3cccc4c3CCC[C@@H]4NS(N)(=O)=O)no2)cc1C#N. The first-order chi connectivity index (χ1) is 15.2. The second-order valence-electron chi connectivity index (χ2n) is 7.89. The Balaban J connectivity index is 1.68. The summed E-state index contributed by atoms with van der Waals surface area (Å²) < 4.78 is 36.8. The lowest BCUT2D eigenvalue weighted by molar-refractivity contribution is 0.241. The quantitative estimate of drug-likeness (QED) is 0.583. The van der Waals surface area contributed by atoms with E-state index in [0.717, 1.165) is 29.5 Å². The minimum atomic E-state index is -3.83. The van der Waals surface area contributed by atoms with E-state index < -0.39 is 16.3 Å². The number of rotatable bonds is 6. The van der Waals surface area contributed by atoms with Crippen LogP contribution in [0.15, 0.2) is 40.9 Å². The Labute approximate surface area is 186 Å². The third-order valence-electron chi connectivity index (χ3n) is 5.19. The van der Waals surface area contributed by atoms with Crippen LogP contribution in [0.5, 0.6) is 5.75 Å². The molecule has 3 N–H and O–H groups in total. The fourth-order valence-corrected chi connectivity index (χ4v) is 4.58. The molecule has 0 aliphatic heterocycles. The molecule has 166 valence electrons. The van der Waals surface area contributed by atoms with E-state index in [4.69, 9.17) is 14.4 Å². The zero-order valence-corrected chi connectivity index (χ0v) is 18.5. The third-order valence-corrected chi connectivity index (χ3v) is 5.80. The molecule has 0 unspecified atom stereocenters. The highest BCUT2D eigenvalue weighted by molar-refractivity contribution is 7.87. The van der Waals surface area contributed by atoms with Crippen LogP contribution in [0, 0.1) is 11.3 Å². The van der Waals surface area contributed by atoms with Gasteiger partial charge in [-0.3, -0.25) is 0 Å². The van der Waals surface area contributed by atoms with Crippen LogP contribution in [-0.4, -0.2) is 24.7 Å². The molecule has 1 aliphatic rings. The zero-order chi connectivity index (χ0) is 22.9. The summed E-state index contributed by atoms with van der Waals surface area (Å²) in [6.07, 6.45) is 2.16. The average molecular weight is 454 g/mol. The summed E-state index contributed by atoms with van der Waals surface area (Å²) in [5.41, 5.74) is 3.58. The number of ether oxygens (including phenoxy) is 1. The molecule has 0 fully saturated rings. The molecule has 32 heavy (non-hydrogen) atoms. The van der Waals surface area contributed by atoms with Crippen molar-refractivity contribution in [1.29, 1.82) is 5.26 Å². The zero-order valence-electron chi connectivity index (χ0n) is 17.7. The van der Waals surface area contributed by atoms with Crippen molar-refractivity contribution in [2.24, 2.45) is 5.14 Å². The first-order valence-corrected chi connectivity index (χ1v) is 11.8. The summed E-state index contributed by atoms with van der Waals surface area (Å²) in [4.78, 5) is 4.53. The number of nitriles is 1. The largest absolute Gasteiger partial charge is 0.490 e. The van der Waals surface area contributed by atoms with Gasteiger partial charge >= 0.3 is 0 Å². The summed E-state index contributed by atoms with van der Waals surface area (Å²) in [6.45, 7) is 3.78. The van der Waals surface area contributed by atoms with Crippen molar-refractivity contribution < 1.29 is 17.7 Å². The van der Waals surface area contributed by atoms with E-state index in [9.17, 15) is 13.7 Å². The molecule has 9 nitrogen and oxygen atoms in total. The Morgan fingerprint density at radius 3 is 2.84 bits per heavy atom. The molecule has 1 atom stereocenters. The summed E-state index contributed by atoms with van der Waals surface area (Å²) in [7, 11) is -3.83. The lowest BCUT2D eigenvalue weighted by Gasteiger charge is -2.26. The van der Waals surface area contributed by atoms with Crippen LogP contribution in [0.4, 0.5) is 0 Å². The molecule has 1 heterocycles. The molecular weight excluding hydrogens is 430 g/mol. The predicted octanol–water partition coefficient (Wildman–Crippen LogP) is 3.23. The summed E-state index contributed by atoms with van der Waals surface area (Å²) in [6, 6.07) is 12.5. The fourth-order valence-electron chi connectivity index (χ4n) is 3.94. The first kappa shape index (κ1) is 22.0. The number of aromatic nitrogens is 2. The van der Waals surface area contributed by atoms with Gasteiger partial charge in [0.2, 0.25) is 5.82 Å². The molecule has 0 radical (unpaired) electrons. The highest BCUT2D eigenvalue weighted by Crippen LogP contribution is 2.36. The van der Waals surface area contributed by atoms with Crippen molar-refractivity contribution in [1.82, 2.24) is 14.9 Å². The maximum absolute atomic E-state index is 11.6. The molecule has 0 spiro atoms. The first-order valence-electron chi connectivity index (χ1n) is 10.2. The van der Waals surface area contributed by atoms with Crippen LogP contribution >= 0.6 is 0 Å². The van der Waals surface area contributed by atoms with Gasteiger partial charge in [0.05, 0.1) is 11.7 Å². The number of nitrogens with zero attached hydrogens (tertiary/aromatic N) is 3. The van der Waals surface area contributed by atoms with Gasteiger partial charge in [-0.1, -0.05) is 23.4 Å². The Kier molecular flexibility index (Phi) is 5.97. The van der Waals surface area contributed by atoms with Crippen LogP contribution in [0.1, 0.15) is 49.4 Å². The van der Waals surface area contributed by atoms with Crippen molar-refractivity contribution in [2.45, 2.75) is 45.3 Å². The van der Waals surface area contributed by atoms with E-state index in [0.29, 0.717) is 29.1 Å². The van der Waals surface area contributed by atoms with Gasteiger partial charge in [0.1, 0.15) is 11.8 Å². The molecule has 0 saturated carbocycles. The van der Waals surface area contributed by atoms with Gasteiger partial charge in [-0.15, -0.1) is 0 Å². The number of benzene rings is 2. The number of nitrogens with one attached hydrogen (secondary N) is 1. The monoisotopic (exact) mass is 453 g/mol. The van der Waals surface area contributed by atoms with E-state index in [1.54, 1.807) is 18.2 Å². The van der Waals surface area contributed by atoms with Crippen molar-refractivity contribution in [2.75, 3.05) is 0 Å². The second-order valence-corrected chi connectivity index (χ2v) is 9.22. The Hall–Kier alpha value is -3.26. The molecule has 1 aromatic heterocycles. The third kappa shape index (κ3) is 4.65. The van der Waals surface area contributed by atoms with Gasteiger partial charge in [0, 0.05) is 17.2 Å². The van der Waals surface area contributed by atoms with Gasteiger partial charge < -0.3 is 9.26 Å². The standard InChI is InChI=1S/C22H23N5O4S/c1-13(2)30-20-10-9-14(11-15(20)12-23)22-25-21(26-31-22)18-7-3-6-17-16(18)5-4-8-19(17)27-32(24,28)29/h3,6-7,9-11,13,19,27H,4-5,8H2,1-2H3,(H2,24,28,29)/t19-/m0/s1. The number of hydrogen-bond acceptors (Lipinski definition) is 7. The van der Waals surface area contributed by atoms with Crippen LogP contribution in [-0.2, 0) is 16.6 Å². The second kappa shape index (κ2) is 8.70. The van der Waals surface area contributed by atoms with Crippen LogP contribution in [0.3, 0.4) is 0 Å². The number of fused-ring (bicyclic) bond motifs is 1.